The number of hydrogen-bond donors (Lipinski definition) is 2. The van der Waals surface area contributed by atoms with Crippen LogP contribution in [0.4, 0.5) is 5.69 Å². The predicted molar refractivity (Wildman–Crippen MR) is 92.0 cm³/mol. The van der Waals surface area contributed by atoms with Gasteiger partial charge in [0.15, 0.2) is 0 Å². The van der Waals surface area contributed by atoms with E-state index in [-0.39, 0.29) is 9.88 Å². The van der Waals surface area contributed by atoms with Crippen LogP contribution in [0.25, 0.3) is 0 Å². The van der Waals surface area contributed by atoms with Crippen LogP contribution in [0.5, 0.6) is 0 Å². The van der Waals surface area contributed by atoms with Crippen molar-refractivity contribution in [2.24, 2.45) is 5.73 Å². The molecule has 2 rings (SSSR count). The van der Waals surface area contributed by atoms with Gasteiger partial charge in [-0.3, -0.25) is 4.72 Å². The van der Waals surface area contributed by atoms with E-state index in [0.29, 0.717) is 11.3 Å². The molecule has 0 heterocycles. The minimum Gasteiger partial charge on any atom is -0.389 e. The first kappa shape index (κ1) is 15.9. The van der Waals surface area contributed by atoms with Crippen LogP contribution in [-0.4, -0.2) is 13.4 Å². The molecular weight excluding hydrogens is 372 g/mol. The van der Waals surface area contributed by atoms with Gasteiger partial charge in [-0.25, -0.2) is 8.42 Å². The summed E-state index contributed by atoms with van der Waals surface area (Å²) in [5.74, 6) is 0. The summed E-state index contributed by atoms with van der Waals surface area (Å²) in [5.41, 5.74) is 7.32. The molecule has 0 saturated heterocycles. The molecule has 0 unspecified atom stereocenters. The molecule has 0 aliphatic carbocycles. The lowest BCUT2D eigenvalue weighted by atomic mass is 10.2. The van der Waals surface area contributed by atoms with Crippen molar-refractivity contribution < 1.29 is 8.42 Å². The average molecular weight is 385 g/mol. The number of hydrogen-bond acceptors (Lipinski definition) is 3. The molecular formula is C14H13BrN2O2S2. The van der Waals surface area contributed by atoms with Crippen molar-refractivity contribution in [3.63, 3.8) is 0 Å². The highest BCUT2D eigenvalue weighted by molar-refractivity contribution is 9.10. The summed E-state index contributed by atoms with van der Waals surface area (Å²) < 4.78 is 28.4. The van der Waals surface area contributed by atoms with Crippen LogP contribution in [0.2, 0.25) is 0 Å². The number of halogens is 1. The summed E-state index contributed by atoms with van der Waals surface area (Å²) in [4.78, 5) is 0.112. The summed E-state index contributed by atoms with van der Waals surface area (Å²) in [6.07, 6.45) is 0. The number of aryl methyl sites for hydroxylation is 1. The molecule has 0 spiro atoms. The molecule has 2 aromatic carbocycles. The lowest BCUT2D eigenvalue weighted by Crippen LogP contribution is -2.19. The van der Waals surface area contributed by atoms with Crippen molar-refractivity contribution >= 4 is 48.8 Å². The van der Waals surface area contributed by atoms with E-state index in [1.54, 1.807) is 36.4 Å². The van der Waals surface area contributed by atoms with Gasteiger partial charge in [-0.2, -0.15) is 0 Å². The lowest BCUT2D eigenvalue weighted by molar-refractivity contribution is 0.601. The highest BCUT2D eigenvalue weighted by Gasteiger charge is 2.19. The SMILES string of the molecule is Cc1cc(NS(=O)(=O)c2ccccc2C(N)=S)ccc1Br. The van der Waals surface area contributed by atoms with Gasteiger partial charge in [0.05, 0.1) is 4.90 Å². The van der Waals surface area contributed by atoms with Crippen LogP contribution in [0.15, 0.2) is 51.8 Å². The molecule has 3 N–H and O–H groups in total. The first-order chi connectivity index (χ1) is 9.81. The molecule has 0 bridgehead atoms. The maximum atomic E-state index is 12.5. The Hall–Kier alpha value is -1.44. The van der Waals surface area contributed by atoms with Gasteiger partial charge in [0.2, 0.25) is 0 Å². The molecule has 4 nitrogen and oxygen atoms in total. The maximum absolute atomic E-state index is 12.5. The fourth-order valence-corrected chi connectivity index (χ4v) is 3.58. The molecule has 0 fully saturated rings. The van der Waals surface area contributed by atoms with E-state index in [0.717, 1.165) is 10.0 Å². The Morgan fingerprint density at radius 3 is 2.52 bits per heavy atom. The molecule has 0 aliphatic rings. The van der Waals surface area contributed by atoms with Crippen LogP contribution in [-0.2, 0) is 10.0 Å². The Labute approximate surface area is 137 Å². The fraction of sp³-hybridized carbons (Fsp3) is 0.0714. The molecule has 0 saturated carbocycles. The molecule has 0 radical (unpaired) electrons. The van der Waals surface area contributed by atoms with E-state index in [1.165, 1.54) is 6.07 Å². The zero-order valence-electron chi connectivity index (χ0n) is 11.1. The largest absolute Gasteiger partial charge is 0.389 e. The molecule has 21 heavy (non-hydrogen) atoms. The summed E-state index contributed by atoms with van der Waals surface area (Å²) in [7, 11) is -3.75. The standard InChI is InChI=1S/C14H13BrN2O2S2/c1-9-8-10(6-7-12(9)15)17-21(18,19)13-5-3-2-4-11(13)14(16)20/h2-8,17H,1H3,(H2,16,20). The second kappa shape index (κ2) is 6.13. The first-order valence-corrected chi connectivity index (χ1v) is 8.67. The molecule has 0 atom stereocenters. The number of nitrogens with one attached hydrogen (secondary N) is 1. The molecule has 0 aliphatic heterocycles. The number of rotatable bonds is 4. The van der Waals surface area contributed by atoms with Crippen LogP contribution in [0.3, 0.4) is 0 Å². The minimum absolute atomic E-state index is 0.0444. The van der Waals surface area contributed by atoms with Crippen molar-refractivity contribution in [3.8, 4) is 0 Å². The second-order valence-corrected chi connectivity index (χ2v) is 7.37. The average Bonchev–Trinajstić information content (AvgIpc) is 2.42. The number of thiocarbonyl (C=S) groups is 1. The Balaban J connectivity index is 2.43. The topological polar surface area (TPSA) is 72.2 Å². The highest BCUT2D eigenvalue weighted by Crippen LogP contribution is 2.23. The number of nitrogens with two attached hydrogens (primary N) is 1. The van der Waals surface area contributed by atoms with Gasteiger partial charge in [-0.1, -0.05) is 46.3 Å². The van der Waals surface area contributed by atoms with Gasteiger partial charge >= 0.3 is 0 Å². The third kappa shape index (κ3) is 3.61. The van der Waals surface area contributed by atoms with E-state index < -0.39 is 10.0 Å². The van der Waals surface area contributed by atoms with Crippen molar-refractivity contribution in [2.75, 3.05) is 4.72 Å². The fourth-order valence-electron chi connectivity index (χ4n) is 1.82. The van der Waals surface area contributed by atoms with Crippen LogP contribution in [0, 0.1) is 6.92 Å². The van der Waals surface area contributed by atoms with Gasteiger partial charge in [0, 0.05) is 15.7 Å². The lowest BCUT2D eigenvalue weighted by Gasteiger charge is -2.12. The van der Waals surface area contributed by atoms with Gasteiger partial charge in [-0.05, 0) is 36.8 Å². The Morgan fingerprint density at radius 2 is 1.90 bits per heavy atom. The number of sulfonamides is 1. The van der Waals surface area contributed by atoms with E-state index in [2.05, 4.69) is 20.7 Å². The zero-order valence-corrected chi connectivity index (χ0v) is 14.3. The van der Waals surface area contributed by atoms with E-state index >= 15 is 0 Å². The number of benzene rings is 2. The Bertz CT molecular complexity index is 804. The van der Waals surface area contributed by atoms with Crippen LogP contribution >= 0.6 is 28.1 Å². The summed E-state index contributed by atoms with van der Waals surface area (Å²) in [6.45, 7) is 1.88. The summed E-state index contributed by atoms with van der Waals surface area (Å²) in [5, 5.41) is 0. The van der Waals surface area contributed by atoms with Crippen molar-refractivity contribution in [2.45, 2.75) is 11.8 Å². The van der Waals surface area contributed by atoms with Gasteiger partial charge in [-0.15, -0.1) is 0 Å². The molecule has 0 aromatic heterocycles. The van der Waals surface area contributed by atoms with Crippen molar-refractivity contribution in [3.05, 3.63) is 58.1 Å². The Morgan fingerprint density at radius 1 is 1.24 bits per heavy atom. The third-order valence-electron chi connectivity index (χ3n) is 2.85. The molecule has 110 valence electrons. The van der Waals surface area contributed by atoms with Crippen molar-refractivity contribution in [1.82, 2.24) is 0 Å². The van der Waals surface area contributed by atoms with Crippen molar-refractivity contribution in [1.29, 1.82) is 0 Å². The third-order valence-corrected chi connectivity index (χ3v) is 5.40. The van der Waals surface area contributed by atoms with Crippen LogP contribution in [0.1, 0.15) is 11.1 Å². The monoisotopic (exact) mass is 384 g/mol. The smallest absolute Gasteiger partial charge is 0.262 e. The predicted octanol–water partition coefficient (Wildman–Crippen LogP) is 3.19. The van der Waals surface area contributed by atoms with E-state index in [4.69, 9.17) is 18.0 Å². The zero-order chi connectivity index (χ0) is 15.6. The quantitative estimate of drug-likeness (QED) is 0.793. The van der Waals surface area contributed by atoms with Gasteiger partial charge < -0.3 is 5.73 Å². The van der Waals surface area contributed by atoms with E-state index in [9.17, 15) is 8.42 Å². The van der Waals surface area contributed by atoms with Crippen LogP contribution < -0.4 is 10.5 Å². The van der Waals surface area contributed by atoms with Gasteiger partial charge in [0.1, 0.15) is 4.99 Å². The second-order valence-electron chi connectivity index (χ2n) is 4.43. The molecule has 7 heteroatoms. The van der Waals surface area contributed by atoms with E-state index in [1.807, 2.05) is 6.92 Å². The first-order valence-electron chi connectivity index (χ1n) is 5.99. The number of anilines is 1. The molecule has 0 amide bonds. The maximum Gasteiger partial charge on any atom is 0.262 e. The van der Waals surface area contributed by atoms with Gasteiger partial charge in [0.25, 0.3) is 10.0 Å². The normalized spacial score (nSPS) is 11.1. The summed E-state index contributed by atoms with van der Waals surface area (Å²) >= 11 is 8.27. The Kier molecular flexibility index (Phi) is 4.65. The minimum atomic E-state index is -3.75. The highest BCUT2D eigenvalue weighted by atomic mass is 79.9. The molecule has 2 aromatic rings. The summed E-state index contributed by atoms with van der Waals surface area (Å²) in [6, 6.07) is 11.6.